The van der Waals surface area contributed by atoms with Crippen LogP contribution in [0.2, 0.25) is 0 Å². The molecule has 140 valence electrons. The summed E-state index contributed by atoms with van der Waals surface area (Å²) in [5.74, 6) is -0.175. The molecule has 1 amide bonds. The van der Waals surface area contributed by atoms with Crippen molar-refractivity contribution in [3.05, 3.63) is 59.2 Å². The lowest BCUT2D eigenvalue weighted by atomic mass is 10.1. The molecule has 0 heterocycles. The van der Waals surface area contributed by atoms with Crippen LogP contribution in [-0.2, 0) is 27.6 Å². The number of rotatable bonds is 7. The molecule has 0 bridgehead atoms. The molecule has 2 aromatic rings. The Morgan fingerprint density at radius 3 is 2.27 bits per heavy atom. The number of nitrogens with zero attached hydrogens (tertiary/aromatic N) is 1. The predicted octanol–water partition coefficient (Wildman–Crippen LogP) is 3.03. The largest absolute Gasteiger partial charge is 0.325 e. The van der Waals surface area contributed by atoms with Gasteiger partial charge in [-0.25, -0.2) is 8.42 Å². The van der Waals surface area contributed by atoms with E-state index in [9.17, 15) is 13.2 Å². The first-order valence-corrected chi connectivity index (χ1v) is 10.4. The predicted molar refractivity (Wildman–Crippen MR) is 105 cm³/mol. The molecule has 0 saturated carbocycles. The summed E-state index contributed by atoms with van der Waals surface area (Å²) in [6.07, 6.45) is 2.16. The highest BCUT2D eigenvalue weighted by molar-refractivity contribution is 7.90. The molecule has 1 N–H and O–H groups in total. The Bertz CT molecular complexity index is 874. The van der Waals surface area contributed by atoms with Crippen LogP contribution in [0.1, 0.15) is 23.6 Å². The molecule has 26 heavy (non-hydrogen) atoms. The van der Waals surface area contributed by atoms with Gasteiger partial charge in [0.05, 0.1) is 11.4 Å². The first kappa shape index (κ1) is 20.1. The van der Waals surface area contributed by atoms with Gasteiger partial charge in [-0.3, -0.25) is 9.69 Å². The summed E-state index contributed by atoms with van der Waals surface area (Å²) >= 11 is 0. The zero-order valence-electron chi connectivity index (χ0n) is 15.7. The lowest BCUT2D eigenvalue weighted by Gasteiger charge is -2.17. The van der Waals surface area contributed by atoms with Crippen molar-refractivity contribution in [3.8, 4) is 0 Å². The number of benzene rings is 2. The van der Waals surface area contributed by atoms with E-state index in [1.54, 1.807) is 12.1 Å². The highest BCUT2D eigenvalue weighted by atomic mass is 32.2. The number of amides is 1. The molecule has 0 radical (unpaired) electrons. The van der Waals surface area contributed by atoms with Crippen molar-refractivity contribution in [3.63, 3.8) is 0 Å². The number of carbonyl (C=O) groups excluding carboxylic acids is 1. The van der Waals surface area contributed by atoms with Gasteiger partial charge in [0.2, 0.25) is 5.91 Å². The van der Waals surface area contributed by atoms with E-state index >= 15 is 0 Å². The fourth-order valence-electron chi connectivity index (χ4n) is 2.65. The summed E-state index contributed by atoms with van der Waals surface area (Å²) in [5, 5.41) is 2.81. The van der Waals surface area contributed by atoms with Crippen molar-refractivity contribution in [2.45, 2.75) is 31.7 Å². The average molecular weight is 375 g/mol. The van der Waals surface area contributed by atoms with Gasteiger partial charge >= 0.3 is 0 Å². The number of aryl methyl sites for hydroxylation is 2. The van der Waals surface area contributed by atoms with Gasteiger partial charge in [0.1, 0.15) is 0 Å². The van der Waals surface area contributed by atoms with Crippen LogP contribution >= 0.6 is 0 Å². The maximum Gasteiger partial charge on any atom is 0.238 e. The first-order chi connectivity index (χ1) is 12.2. The van der Waals surface area contributed by atoms with E-state index < -0.39 is 9.84 Å². The van der Waals surface area contributed by atoms with E-state index in [-0.39, 0.29) is 17.3 Å². The van der Waals surface area contributed by atoms with Gasteiger partial charge in [0.25, 0.3) is 0 Å². The summed E-state index contributed by atoms with van der Waals surface area (Å²) in [6, 6.07) is 13.1. The lowest BCUT2D eigenvalue weighted by molar-refractivity contribution is -0.117. The molecule has 0 aliphatic rings. The number of carbonyl (C=O) groups is 1. The number of sulfone groups is 1. The van der Waals surface area contributed by atoms with E-state index in [4.69, 9.17) is 0 Å². The van der Waals surface area contributed by atoms with Crippen LogP contribution < -0.4 is 5.32 Å². The van der Waals surface area contributed by atoms with Gasteiger partial charge < -0.3 is 5.32 Å². The number of nitrogens with one attached hydrogen (secondary N) is 1. The summed E-state index contributed by atoms with van der Waals surface area (Å²) in [5.41, 5.74) is 3.78. The molecule has 0 aliphatic heterocycles. The number of hydrogen-bond acceptors (Lipinski definition) is 4. The van der Waals surface area contributed by atoms with E-state index in [0.29, 0.717) is 12.2 Å². The number of anilines is 1. The van der Waals surface area contributed by atoms with Gasteiger partial charge in [-0.2, -0.15) is 0 Å². The molecule has 5 nitrogen and oxygen atoms in total. The molecule has 0 fully saturated rings. The van der Waals surface area contributed by atoms with Crippen molar-refractivity contribution in [1.29, 1.82) is 0 Å². The van der Waals surface area contributed by atoms with Gasteiger partial charge in [0, 0.05) is 18.5 Å². The van der Waals surface area contributed by atoms with Gasteiger partial charge in [-0.1, -0.05) is 37.3 Å². The zero-order valence-corrected chi connectivity index (χ0v) is 16.6. The third kappa shape index (κ3) is 5.68. The summed E-state index contributed by atoms with van der Waals surface area (Å²) in [6.45, 7) is 4.84. The van der Waals surface area contributed by atoms with Crippen LogP contribution in [0, 0.1) is 6.92 Å². The molecule has 2 rings (SSSR count). The van der Waals surface area contributed by atoms with Gasteiger partial charge in [-0.05, 0) is 49.2 Å². The average Bonchev–Trinajstić information content (AvgIpc) is 2.56. The fourth-order valence-corrected chi connectivity index (χ4v) is 3.30. The zero-order chi connectivity index (χ0) is 19.3. The Balaban J connectivity index is 1.99. The monoisotopic (exact) mass is 374 g/mol. The Labute approximate surface area is 156 Å². The second-order valence-corrected chi connectivity index (χ2v) is 8.66. The fraction of sp³-hybridized carbons (Fsp3) is 0.350. The summed E-state index contributed by atoms with van der Waals surface area (Å²) in [4.78, 5) is 14.4. The van der Waals surface area contributed by atoms with E-state index in [1.807, 2.05) is 18.9 Å². The Hall–Kier alpha value is -2.18. The second-order valence-electron chi connectivity index (χ2n) is 6.64. The Kier molecular flexibility index (Phi) is 6.56. The SMILES string of the molecule is CCc1ccc(CN(C)CC(=O)Nc2cc(S(C)(=O)=O)ccc2C)cc1. The quantitative estimate of drug-likeness (QED) is 0.809. The third-order valence-electron chi connectivity index (χ3n) is 4.21. The molecule has 2 aromatic carbocycles. The van der Waals surface area contributed by atoms with Gasteiger partial charge in [-0.15, -0.1) is 0 Å². The second kappa shape index (κ2) is 8.47. The molecule has 0 spiro atoms. The van der Waals surface area contributed by atoms with Crippen LogP contribution in [0.5, 0.6) is 0 Å². The molecule has 0 aromatic heterocycles. The first-order valence-electron chi connectivity index (χ1n) is 8.56. The Morgan fingerprint density at radius 1 is 1.08 bits per heavy atom. The van der Waals surface area contributed by atoms with E-state index in [1.165, 1.54) is 11.6 Å². The minimum atomic E-state index is -3.31. The molecular formula is C20H26N2O3S. The van der Waals surface area contributed by atoms with Crippen molar-refractivity contribution in [2.24, 2.45) is 0 Å². The van der Waals surface area contributed by atoms with Gasteiger partial charge in [0.15, 0.2) is 9.84 Å². The molecular weight excluding hydrogens is 348 g/mol. The maximum absolute atomic E-state index is 12.3. The van der Waals surface area contributed by atoms with Crippen molar-refractivity contribution in [1.82, 2.24) is 4.90 Å². The van der Waals surface area contributed by atoms with Crippen molar-refractivity contribution < 1.29 is 13.2 Å². The van der Waals surface area contributed by atoms with Crippen LogP contribution in [0.4, 0.5) is 5.69 Å². The minimum absolute atomic E-state index is 0.175. The Morgan fingerprint density at radius 2 is 1.69 bits per heavy atom. The van der Waals surface area contributed by atoms with Crippen LogP contribution in [0.15, 0.2) is 47.4 Å². The van der Waals surface area contributed by atoms with E-state index in [0.717, 1.165) is 23.8 Å². The third-order valence-corrected chi connectivity index (χ3v) is 5.32. The molecule has 0 atom stereocenters. The smallest absolute Gasteiger partial charge is 0.238 e. The highest BCUT2D eigenvalue weighted by Crippen LogP contribution is 2.20. The molecule has 0 unspecified atom stereocenters. The summed E-state index contributed by atoms with van der Waals surface area (Å²) in [7, 11) is -1.43. The molecule has 6 heteroatoms. The normalized spacial score (nSPS) is 11.6. The van der Waals surface area contributed by atoms with Crippen molar-refractivity contribution in [2.75, 3.05) is 25.2 Å². The van der Waals surface area contributed by atoms with E-state index in [2.05, 4.69) is 36.5 Å². The number of likely N-dealkylation sites (N-methyl/N-ethyl adjacent to an activating group) is 1. The minimum Gasteiger partial charge on any atom is -0.325 e. The van der Waals surface area contributed by atoms with Crippen LogP contribution in [-0.4, -0.2) is 39.1 Å². The summed E-state index contributed by atoms with van der Waals surface area (Å²) < 4.78 is 23.4. The molecule has 0 aliphatic carbocycles. The number of hydrogen-bond donors (Lipinski definition) is 1. The van der Waals surface area contributed by atoms with Crippen molar-refractivity contribution >= 4 is 21.4 Å². The topological polar surface area (TPSA) is 66.5 Å². The maximum atomic E-state index is 12.3. The standard InChI is InChI=1S/C20H26N2O3S/c1-5-16-7-9-17(10-8-16)13-22(3)14-20(23)21-19-12-18(26(4,24)25)11-6-15(19)2/h6-12H,5,13-14H2,1-4H3,(H,21,23). The highest BCUT2D eigenvalue weighted by Gasteiger charge is 2.13. The lowest BCUT2D eigenvalue weighted by Crippen LogP contribution is -2.30. The van der Waals surface area contributed by atoms with Crippen LogP contribution in [0.25, 0.3) is 0 Å². The van der Waals surface area contributed by atoms with Crippen LogP contribution in [0.3, 0.4) is 0 Å². The molecule has 0 saturated heterocycles.